The largest absolute Gasteiger partial charge is 0.357 e. The Morgan fingerprint density at radius 3 is 2.58 bits per heavy atom. The smallest absolute Gasteiger partial charge is 0.219 e. The van der Waals surface area contributed by atoms with Crippen molar-refractivity contribution in [3.63, 3.8) is 0 Å². The van der Waals surface area contributed by atoms with Gasteiger partial charge in [-0.25, -0.2) is 8.42 Å². The Balaban J connectivity index is 2.02. The number of ether oxygens (including phenoxy) is 1. The predicted octanol–water partition coefficient (Wildman–Crippen LogP) is 2.03. The lowest BCUT2D eigenvalue weighted by Crippen LogP contribution is -2.53. The predicted molar refractivity (Wildman–Crippen MR) is 78.1 cm³/mol. The van der Waals surface area contributed by atoms with E-state index >= 15 is 0 Å². The van der Waals surface area contributed by atoms with E-state index in [0.29, 0.717) is 6.42 Å². The monoisotopic (exact) mass is 325 g/mol. The molecule has 6 unspecified atom stereocenters. The molecule has 0 aromatic carbocycles. The van der Waals surface area contributed by atoms with E-state index in [-0.39, 0.29) is 33.5 Å². The molecule has 6 atom stereocenters. The van der Waals surface area contributed by atoms with Crippen LogP contribution in [0.2, 0.25) is 0 Å². The lowest BCUT2D eigenvalue weighted by atomic mass is 9.90. The molecule has 3 fully saturated rings. The zero-order valence-corrected chi connectivity index (χ0v) is 13.9. The van der Waals surface area contributed by atoms with Crippen LogP contribution in [0.4, 0.5) is 0 Å². The maximum Gasteiger partial charge on any atom is 0.219 e. The molecular formula is C12H20ClNO3S2. The lowest BCUT2D eigenvalue weighted by Gasteiger charge is -2.37. The van der Waals surface area contributed by atoms with Crippen LogP contribution >= 0.6 is 23.4 Å². The van der Waals surface area contributed by atoms with Gasteiger partial charge < -0.3 is 4.74 Å². The first-order chi connectivity index (χ1) is 8.64. The number of alkyl halides is 1. The van der Waals surface area contributed by atoms with Crippen LogP contribution in [0.5, 0.6) is 0 Å². The minimum Gasteiger partial charge on any atom is -0.357 e. The van der Waals surface area contributed by atoms with Crippen molar-refractivity contribution >= 4 is 33.4 Å². The summed E-state index contributed by atoms with van der Waals surface area (Å²) in [7, 11) is -3.21. The van der Waals surface area contributed by atoms with Crippen molar-refractivity contribution in [3.8, 4) is 0 Å². The Morgan fingerprint density at radius 1 is 1.42 bits per heavy atom. The molecule has 19 heavy (non-hydrogen) atoms. The molecule has 3 rings (SSSR count). The SMILES string of the molecule is CC(Cl)OC1C2CC3C(S2)C1N(C(C)(C)C)S3(=O)=O. The second kappa shape index (κ2) is 4.26. The van der Waals surface area contributed by atoms with Crippen LogP contribution in [0.1, 0.15) is 34.1 Å². The number of hydrogen-bond acceptors (Lipinski definition) is 4. The van der Waals surface area contributed by atoms with E-state index in [1.807, 2.05) is 20.8 Å². The molecule has 0 aromatic rings. The summed E-state index contributed by atoms with van der Waals surface area (Å²) in [6, 6.07) is -0.0556. The molecule has 0 radical (unpaired) electrons. The second-order valence-corrected chi connectivity index (χ2v) is 10.6. The first-order valence-corrected chi connectivity index (χ1v) is 9.50. The average molecular weight is 326 g/mol. The standard InChI is InChI=1S/C12H20ClNO3S2/c1-6(13)17-10-7-5-8-11(18-7)9(10)14(12(2,3)4)19(8,15)16/h6-11H,5H2,1-4H3. The summed E-state index contributed by atoms with van der Waals surface area (Å²) in [5.74, 6) is 0. The zero-order valence-electron chi connectivity index (χ0n) is 11.5. The molecule has 110 valence electrons. The molecule has 4 nitrogen and oxygen atoms in total. The van der Waals surface area contributed by atoms with Crippen LogP contribution in [0.3, 0.4) is 0 Å². The molecular weight excluding hydrogens is 306 g/mol. The molecule has 0 saturated carbocycles. The van der Waals surface area contributed by atoms with E-state index in [9.17, 15) is 8.42 Å². The summed E-state index contributed by atoms with van der Waals surface area (Å²) in [4.78, 5) is 0. The van der Waals surface area contributed by atoms with Crippen LogP contribution in [0, 0.1) is 0 Å². The third-order valence-corrected chi connectivity index (χ3v) is 8.73. The molecule has 3 saturated heterocycles. The molecule has 0 aliphatic carbocycles. The van der Waals surface area contributed by atoms with Gasteiger partial charge in [-0.15, -0.1) is 11.8 Å². The normalized spacial score (nSPS) is 45.8. The Labute approximate surface area is 124 Å². The van der Waals surface area contributed by atoms with Crippen molar-refractivity contribution in [2.45, 2.75) is 73.1 Å². The van der Waals surface area contributed by atoms with Crippen LogP contribution in [-0.4, -0.2) is 51.7 Å². The van der Waals surface area contributed by atoms with E-state index < -0.39 is 15.6 Å². The van der Waals surface area contributed by atoms with Gasteiger partial charge >= 0.3 is 0 Å². The van der Waals surface area contributed by atoms with E-state index in [0.717, 1.165) is 0 Å². The second-order valence-electron chi connectivity index (χ2n) is 6.56. The van der Waals surface area contributed by atoms with E-state index in [1.54, 1.807) is 23.0 Å². The third-order valence-electron chi connectivity index (χ3n) is 4.14. The number of hydrogen-bond donors (Lipinski definition) is 0. The lowest BCUT2D eigenvalue weighted by molar-refractivity contribution is -0.0143. The number of sulfonamides is 1. The Morgan fingerprint density at radius 2 is 2.05 bits per heavy atom. The highest BCUT2D eigenvalue weighted by atomic mass is 35.5. The highest BCUT2D eigenvalue weighted by Crippen LogP contribution is 2.58. The van der Waals surface area contributed by atoms with Crippen LogP contribution in [-0.2, 0) is 14.8 Å². The molecule has 0 aromatic heterocycles. The topological polar surface area (TPSA) is 46.6 Å². The van der Waals surface area contributed by atoms with Gasteiger partial charge in [0.15, 0.2) is 0 Å². The van der Waals surface area contributed by atoms with E-state index in [1.165, 1.54) is 0 Å². The first-order valence-electron chi connectivity index (χ1n) is 6.62. The molecule has 7 heteroatoms. The van der Waals surface area contributed by atoms with Gasteiger partial charge in [-0.1, -0.05) is 11.6 Å². The molecule has 3 aliphatic heterocycles. The number of rotatable bonds is 2. The summed E-state index contributed by atoms with van der Waals surface area (Å²) in [5.41, 5.74) is -0.790. The van der Waals surface area contributed by atoms with Gasteiger partial charge in [-0.3, -0.25) is 0 Å². The maximum absolute atomic E-state index is 12.7. The number of halogens is 1. The fraction of sp³-hybridized carbons (Fsp3) is 1.00. The summed E-state index contributed by atoms with van der Waals surface area (Å²) in [6.45, 7) is 7.65. The summed E-state index contributed by atoms with van der Waals surface area (Å²) >= 11 is 7.74. The van der Waals surface area contributed by atoms with Crippen molar-refractivity contribution in [3.05, 3.63) is 0 Å². The van der Waals surface area contributed by atoms with E-state index in [4.69, 9.17) is 16.3 Å². The first kappa shape index (κ1) is 14.4. The van der Waals surface area contributed by atoms with Crippen LogP contribution in [0.15, 0.2) is 0 Å². The molecule has 0 N–H and O–H groups in total. The molecule has 0 amide bonds. The quantitative estimate of drug-likeness (QED) is 0.729. The third kappa shape index (κ3) is 1.98. The Bertz CT molecular complexity index is 488. The summed E-state index contributed by atoms with van der Waals surface area (Å²) < 4.78 is 33.0. The van der Waals surface area contributed by atoms with Gasteiger partial charge in [-0.05, 0) is 34.1 Å². The minimum absolute atomic E-state index is 0.0556. The van der Waals surface area contributed by atoms with Gasteiger partial charge in [0.1, 0.15) is 5.56 Å². The van der Waals surface area contributed by atoms with Crippen molar-refractivity contribution in [1.29, 1.82) is 0 Å². The van der Waals surface area contributed by atoms with Crippen LogP contribution < -0.4 is 0 Å². The Kier molecular flexibility index (Phi) is 3.24. The molecule has 2 bridgehead atoms. The van der Waals surface area contributed by atoms with Gasteiger partial charge in [0.2, 0.25) is 10.0 Å². The maximum atomic E-state index is 12.7. The molecule has 3 aliphatic rings. The number of nitrogens with zero attached hydrogens (tertiary/aromatic N) is 1. The molecule has 3 heterocycles. The Hall–Kier alpha value is 0.510. The minimum atomic E-state index is -3.21. The van der Waals surface area contributed by atoms with Crippen molar-refractivity contribution in [2.75, 3.05) is 0 Å². The average Bonchev–Trinajstić information content (AvgIpc) is 2.78. The van der Waals surface area contributed by atoms with Crippen LogP contribution in [0.25, 0.3) is 0 Å². The fourth-order valence-corrected chi connectivity index (χ4v) is 9.07. The van der Waals surface area contributed by atoms with Crippen molar-refractivity contribution < 1.29 is 13.2 Å². The zero-order chi connectivity index (χ0) is 14.2. The fourth-order valence-electron chi connectivity index (χ4n) is 3.71. The van der Waals surface area contributed by atoms with Gasteiger partial charge in [0.05, 0.1) is 17.4 Å². The number of thioether (sulfide) groups is 1. The van der Waals surface area contributed by atoms with E-state index in [2.05, 4.69) is 0 Å². The summed E-state index contributed by atoms with van der Waals surface area (Å²) in [6.07, 6.45) is 0.630. The molecule has 0 spiro atoms. The van der Waals surface area contributed by atoms with Gasteiger partial charge in [0.25, 0.3) is 0 Å². The van der Waals surface area contributed by atoms with Gasteiger partial charge in [0, 0.05) is 16.0 Å². The van der Waals surface area contributed by atoms with Gasteiger partial charge in [-0.2, -0.15) is 4.31 Å². The number of fused-ring (bicyclic) bond motifs is 1. The van der Waals surface area contributed by atoms with Crippen molar-refractivity contribution in [1.82, 2.24) is 4.31 Å². The summed E-state index contributed by atoms with van der Waals surface area (Å²) in [5, 5.41) is 0.190. The van der Waals surface area contributed by atoms with Crippen molar-refractivity contribution in [2.24, 2.45) is 0 Å². The highest BCUT2D eigenvalue weighted by molar-refractivity contribution is 8.03. The highest BCUT2D eigenvalue weighted by Gasteiger charge is 2.69.